The molecule has 2 aromatic rings. The summed E-state index contributed by atoms with van der Waals surface area (Å²) in [7, 11) is 3.09. The highest BCUT2D eigenvalue weighted by atomic mass is 16.5. The number of hydrogen-bond acceptors (Lipinski definition) is 7. The lowest BCUT2D eigenvalue weighted by molar-refractivity contribution is -0.155. The van der Waals surface area contributed by atoms with E-state index in [9.17, 15) is 14.4 Å². The molecule has 4 rings (SSSR count). The second-order valence-electron chi connectivity index (χ2n) is 8.52. The molecule has 4 atom stereocenters. The number of nitrogens with one attached hydrogen (secondary N) is 1. The van der Waals surface area contributed by atoms with Crippen molar-refractivity contribution in [1.29, 1.82) is 0 Å². The minimum Gasteiger partial charge on any atom is -0.497 e. The summed E-state index contributed by atoms with van der Waals surface area (Å²) in [6.07, 6.45) is 0.970. The largest absolute Gasteiger partial charge is 0.497 e. The number of ether oxygens (including phenoxy) is 3. The zero-order chi connectivity index (χ0) is 24.5. The number of para-hydroxylation sites is 1. The van der Waals surface area contributed by atoms with Crippen molar-refractivity contribution in [1.82, 2.24) is 5.32 Å². The first-order valence-electron chi connectivity index (χ1n) is 11.5. The first-order valence-corrected chi connectivity index (χ1v) is 11.5. The summed E-state index contributed by atoms with van der Waals surface area (Å²) in [4.78, 5) is 42.3. The van der Waals surface area contributed by atoms with Gasteiger partial charge in [0.1, 0.15) is 17.0 Å². The zero-order valence-corrected chi connectivity index (χ0v) is 19.9. The Balaban J connectivity index is 1.89. The van der Waals surface area contributed by atoms with Crippen molar-refractivity contribution in [2.45, 2.75) is 38.3 Å². The van der Waals surface area contributed by atoms with Crippen LogP contribution in [0.5, 0.6) is 11.5 Å². The van der Waals surface area contributed by atoms with E-state index in [2.05, 4.69) is 5.32 Å². The summed E-state index contributed by atoms with van der Waals surface area (Å²) in [5, 5.41) is 3.39. The fourth-order valence-corrected chi connectivity index (χ4v) is 5.35. The molecule has 0 bridgehead atoms. The van der Waals surface area contributed by atoms with E-state index in [0.29, 0.717) is 35.6 Å². The Morgan fingerprint density at radius 1 is 1.03 bits per heavy atom. The quantitative estimate of drug-likeness (QED) is 0.471. The van der Waals surface area contributed by atoms with Crippen LogP contribution < -0.4 is 19.7 Å². The fourth-order valence-electron chi connectivity index (χ4n) is 5.35. The maximum atomic E-state index is 13.8. The molecular formula is C26H30N2O6. The highest BCUT2D eigenvalue weighted by Crippen LogP contribution is 2.53. The summed E-state index contributed by atoms with van der Waals surface area (Å²) in [6, 6.07) is 13.5. The standard InChI is InChI=1S/C26H30N2O6/c1-5-14-26(25(31)34-6-2)21-20(23(29)28(24(21)30)16-10-8-7-9-11-16)22(27-26)18-13-12-17(32-3)15-19(18)33-4/h7-13,15,20-22,27H,5-6,14H2,1-4H3/t20-,21-,22+,26-/m0/s1. The monoisotopic (exact) mass is 466 g/mol. The van der Waals surface area contributed by atoms with Gasteiger partial charge in [-0.1, -0.05) is 37.6 Å². The van der Waals surface area contributed by atoms with Gasteiger partial charge in [-0.25, -0.2) is 4.90 Å². The van der Waals surface area contributed by atoms with Crippen molar-refractivity contribution >= 4 is 23.5 Å². The van der Waals surface area contributed by atoms with Gasteiger partial charge in [0.15, 0.2) is 0 Å². The Morgan fingerprint density at radius 2 is 1.76 bits per heavy atom. The third-order valence-corrected chi connectivity index (χ3v) is 6.73. The molecule has 2 fully saturated rings. The van der Waals surface area contributed by atoms with Crippen LogP contribution in [0, 0.1) is 11.8 Å². The van der Waals surface area contributed by atoms with Crippen LogP contribution in [-0.2, 0) is 19.1 Å². The van der Waals surface area contributed by atoms with Crippen LogP contribution >= 0.6 is 0 Å². The molecule has 2 aromatic carbocycles. The van der Waals surface area contributed by atoms with Crippen molar-refractivity contribution < 1.29 is 28.6 Å². The first kappa shape index (κ1) is 23.8. The molecule has 180 valence electrons. The Hall–Kier alpha value is -3.39. The molecule has 2 aliphatic rings. The minimum atomic E-state index is -1.33. The van der Waals surface area contributed by atoms with Gasteiger partial charge in [0.25, 0.3) is 0 Å². The predicted molar refractivity (Wildman–Crippen MR) is 126 cm³/mol. The number of amides is 2. The van der Waals surface area contributed by atoms with Gasteiger partial charge in [-0.3, -0.25) is 19.7 Å². The van der Waals surface area contributed by atoms with Crippen molar-refractivity contribution in [3.8, 4) is 11.5 Å². The van der Waals surface area contributed by atoms with Gasteiger partial charge in [-0.15, -0.1) is 0 Å². The molecule has 2 heterocycles. The Bertz CT molecular complexity index is 1090. The summed E-state index contributed by atoms with van der Waals surface area (Å²) in [5.74, 6) is -1.87. The van der Waals surface area contributed by atoms with E-state index in [4.69, 9.17) is 14.2 Å². The van der Waals surface area contributed by atoms with Gasteiger partial charge in [0, 0.05) is 17.7 Å². The molecule has 0 unspecified atom stereocenters. The third kappa shape index (κ3) is 3.62. The number of nitrogens with zero attached hydrogens (tertiary/aromatic N) is 1. The molecule has 0 aliphatic carbocycles. The average molecular weight is 467 g/mol. The van der Waals surface area contributed by atoms with Crippen LogP contribution in [-0.4, -0.2) is 44.1 Å². The van der Waals surface area contributed by atoms with Crippen LogP contribution in [0.3, 0.4) is 0 Å². The van der Waals surface area contributed by atoms with Crippen molar-refractivity contribution in [3.05, 3.63) is 54.1 Å². The molecule has 2 saturated heterocycles. The number of anilines is 1. The Kier molecular flexibility index (Phi) is 6.61. The van der Waals surface area contributed by atoms with Crippen LogP contribution in [0.4, 0.5) is 5.69 Å². The van der Waals surface area contributed by atoms with Gasteiger partial charge in [-0.2, -0.15) is 0 Å². The number of imide groups is 1. The summed E-state index contributed by atoms with van der Waals surface area (Å²) in [5.41, 5.74) is -0.167. The lowest BCUT2D eigenvalue weighted by Gasteiger charge is -2.32. The van der Waals surface area contributed by atoms with E-state index in [1.54, 1.807) is 50.4 Å². The lowest BCUT2D eigenvalue weighted by Crippen LogP contribution is -2.56. The molecule has 8 heteroatoms. The summed E-state index contributed by atoms with van der Waals surface area (Å²) in [6.45, 7) is 3.84. The van der Waals surface area contributed by atoms with E-state index in [1.807, 2.05) is 19.1 Å². The van der Waals surface area contributed by atoms with Crippen LogP contribution in [0.25, 0.3) is 0 Å². The van der Waals surface area contributed by atoms with Crippen LogP contribution in [0.1, 0.15) is 38.3 Å². The average Bonchev–Trinajstić information content (AvgIpc) is 3.33. The van der Waals surface area contributed by atoms with Crippen molar-refractivity contribution in [3.63, 3.8) is 0 Å². The van der Waals surface area contributed by atoms with Gasteiger partial charge >= 0.3 is 5.97 Å². The highest BCUT2D eigenvalue weighted by Gasteiger charge is 2.68. The second kappa shape index (κ2) is 9.46. The smallest absolute Gasteiger partial charge is 0.327 e. The second-order valence-corrected chi connectivity index (χ2v) is 8.52. The zero-order valence-electron chi connectivity index (χ0n) is 19.9. The predicted octanol–water partition coefficient (Wildman–Crippen LogP) is 3.26. The van der Waals surface area contributed by atoms with Gasteiger partial charge < -0.3 is 14.2 Å². The number of esters is 1. The summed E-state index contributed by atoms with van der Waals surface area (Å²) >= 11 is 0. The lowest BCUT2D eigenvalue weighted by atomic mass is 9.77. The van der Waals surface area contributed by atoms with Gasteiger partial charge in [0.2, 0.25) is 11.8 Å². The van der Waals surface area contributed by atoms with Gasteiger partial charge in [0.05, 0.1) is 38.3 Å². The van der Waals surface area contributed by atoms with E-state index < -0.39 is 35.3 Å². The molecule has 0 radical (unpaired) electrons. The van der Waals surface area contributed by atoms with Gasteiger partial charge in [-0.05, 0) is 31.5 Å². The first-order chi connectivity index (χ1) is 16.4. The number of benzene rings is 2. The molecular weight excluding hydrogens is 436 g/mol. The number of carbonyl (C=O) groups is 3. The Morgan fingerprint density at radius 3 is 2.38 bits per heavy atom. The maximum Gasteiger partial charge on any atom is 0.327 e. The molecule has 0 saturated carbocycles. The van der Waals surface area contributed by atoms with Crippen LogP contribution in [0.2, 0.25) is 0 Å². The van der Waals surface area contributed by atoms with E-state index in [-0.39, 0.29) is 12.5 Å². The molecule has 8 nitrogen and oxygen atoms in total. The molecule has 2 aliphatic heterocycles. The topological polar surface area (TPSA) is 94.2 Å². The van der Waals surface area contributed by atoms with E-state index in [1.165, 1.54) is 12.0 Å². The molecule has 34 heavy (non-hydrogen) atoms. The SMILES string of the molecule is CCC[C@]1(C(=O)OCC)N[C@H](c2ccc(OC)cc2OC)[C@H]2C(=O)N(c3ccccc3)C(=O)[C@H]21. The number of carbonyl (C=O) groups excluding carboxylic acids is 3. The van der Waals surface area contributed by atoms with E-state index >= 15 is 0 Å². The third-order valence-electron chi connectivity index (χ3n) is 6.73. The normalized spacial score (nSPS) is 25.9. The molecule has 1 N–H and O–H groups in total. The Labute approximate surface area is 199 Å². The van der Waals surface area contributed by atoms with Crippen molar-refractivity contribution in [2.75, 3.05) is 25.7 Å². The van der Waals surface area contributed by atoms with E-state index in [0.717, 1.165) is 0 Å². The minimum absolute atomic E-state index is 0.171. The van der Waals surface area contributed by atoms with Crippen LogP contribution in [0.15, 0.2) is 48.5 Å². The fraction of sp³-hybridized carbons (Fsp3) is 0.423. The molecule has 2 amide bonds. The highest BCUT2D eigenvalue weighted by molar-refractivity contribution is 6.24. The number of hydrogen-bond donors (Lipinski definition) is 1. The number of rotatable bonds is 8. The maximum absolute atomic E-state index is 13.8. The number of methoxy groups -OCH3 is 2. The molecule has 0 spiro atoms. The summed E-state index contributed by atoms with van der Waals surface area (Å²) < 4.78 is 16.4. The van der Waals surface area contributed by atoms with Crippen molar-refractivity contribution in [2.24, 2.45) is 11.8 Å². The number of fused-ring (bicyclic) bond motifs is 1. The molecule has 0 aromatic heterocycles.